The molecule has 0 spiro atoms. The van der Waals surface area contributed by atoms with Crippen molar-refractivity contribution in [2.24, 2.45) is 5.73 Å². The topological polar surface area (TPSA) is 49.8 Å². The summed E-state index contributed by atoms with van der Waals surface area (Å²) in [7, 11) is 0. The van der Waals surface area contributed by atoms with E-state index >= 15 is 0 Å². The van der Waals surface area contributed by atoms with E-state index in [9.17, 15) is 0 Å². The summed E-state index contributed by atoms with van der Waals surface area (Å²) >= 11 is 11.4. The molecule has 0 saturated heterocycles. The minimum absolute atomic E-state index is 0.343. The second kappa shape index (κ2) is 2.86. The lowest BCUT2D eigenvalue weighted by molar-refractivity contribution is 0.737. The van der Waals surface area contributed by atoms with Gasteiger partial charge in [0.1, 0.15) is 11.1 Å². The molecule has 0 amide bonds. The molecule has 0 bridgehead atoms. The van der Waals surface area contributed by atoms with Gasteiger partial charge in [0.15, 0.2) is 0 Å². The van der Waals surface area contributed by atoms with Crippen LogP contribution in [0.2, 0.25) is 0 Å². The summed E-state index contributed by atoms with van der Waals surface area (Å²) in [5, 5.41) is 8.96. The van der Waals surface area contributed by atoms with Crippen LogP contribution in [0.15, 0.2) is 22.8 Å². The van der Waals surface area contributed by atoms with Crippen LogP contribution < -0.4 is 5.73 Å². The highest BCUT2D eigenvalue weighted by Crippen LogP contribution is 2.28. The Labute approximate surface area is 74.9 Å². The zero-order valence-corrected chi connectivity index (χ0v) is 7.15. The third-order valence-electron chi connectivity index (χ3n) is 1.36. The van der Waals surface area contributed by atoms with Gasteiger partial charge in [-0.25, -0.2) is 0 Å². The third-order valence-corrected chi connectivity index (χ3v) is 1.98. The molecule has 1 unspecified atom stereocenters. The maximum absolute atomic E-state index is 8.54. The van der Waals surface area contributed by atoms with Gasteiger partial charge in [-0.1, -0.05) is 29.3 Å². The lowest BCUT2D eigenvalue weighted by atomic mass is 10.0. The molecule has 1 aliphatic carbocycles. The van der Waals surface area contributed by atoms with Crippen LogP contribution >= 0.6 is 23.2 Å². The minimum Gasteiger partial charge on any atom is -0.309 e. The monoisotopic (exact) mass is 188 g/mol. The van der Waals surface area contributed by atoms with Gasteiger partial charge in [0, 0.05) is 6.42 Å². The van der Waals surface area contributed by atoms with E-state index in [1.807, 2.05) is 6.07 Å². The molecule has 2 nitrogen and oxygen atoms in total. The molecular weight excluding hydrogens is 183 g/mol. The van der Waals surface area contributed by atoms with Crippen molar-refractivity contribution in [3.8, 4) is 6.07 Å². The average molecular weight is 189 g/mol. The summed E-state index contributed by atoms with van der Waals surface area (Å²) in [4.78, 5) is -0.941. The predicted octanol–water partition coefficient (Wildman–Crippen LogP) is 1.86. The van der Waals surface area contributed by atoms with E-state index in [0.717, 1.165) is 0 Å². The number of rotatable bonds is 0. The quantitative estimate of drug-likeness (QED) is 0.467. The fraction of sp³-hybridized carbons (Fsp3) is 0.286. The Hall–Kier alpha value is -0.490. The average Bonchev–Trinajstić information content (AvgIpc) is 1.94. The molecule has 0 radical (unpaired) electrons. The maximum Gasteiger partial charge on any atom is 0.115 e. The van der Waals surface area contributed by atoms with Crippen molar-refractivity contribution in [3.05, 3.63) is 22.8 Å². The van der Waals surface area contributed by atoms with Gasteiger partial charge in [-0.3, -0.25) is 0 Å². The van der Waals surface area contributed by atoms with Gasteiger partial charge in [0.05, 0.1) is 10.6 Å². The molecular formula is C7H6Cl2N2. The maximum atomic E-state index is 8.54. The first-order valence-electron chi connectivity index (χ1n) is 3.02. The smallest absolute Gasteiger partial charge is 0.115 e. The van der Waals surface area contributed by atoms with E-state index in [0.29, 0.717) is 17.0 Å². The van der Waals surface area contributed by atoms with Crippen molar-refractivity contribution in [1.82, 2.24) is 0 Å². The molecule has 1 aliphatic rings. The van der Waals surface area contributed by atoms with Crippen LogP contribution in [0, 0.1) is 11.3 Å². The zero-order chi connectivity index (χ0) is 8.48. The second-order valence-corrected chi connectivity index (χ2v) is 3.46. The van der Waals surface area contributed by atoms with Gasteiger partial charge in [-0.05, 0) is 6.08 Å². The van der Waals surface area contributed by atoms with Gasteiger partial charge >= 0.3 is 0 Å². The van der Waals surface area contributed by atoms with Crippen molar-refractivity contribution >= 4 is 23.2 Å². The van der Waals surface area contributed by atoms with Crippen LogP contribution in [0.1, 0.15) is 6.42 Å². The lowest BCUT2D eigenvalue weighted by Crippen LogP contribution is -2.31. The molecule has 0 aromatic rings. The van der Waals surface area contributed by atoms with Crippen LogP contribution in [-0.2, 0) is 0 Å². The van der Waals surface area contributed by atoms with Gasteiger partial charge in [0.2, 0.25) is 0 Å². The van der Waals surface area contributed by atoms with Crippen LogP contribution in [0.25, 0.3) is 0 Å². The standard InChI is InChI=1S/C7H6Cl2N2/c8-6-1-2-7(9,11)3-5(6)4-10/h1,3H,2,11H2. The number of allylic oxidation sites excluding steroid dienone is 2. The normalized spacial score (nSPS) is 30.4. The summed E-state index contributed by atoms with van der Waals surface area (Å²) in [5.74, 6) is 0. The highest BCUT2D eigenvalue weighted by Gasteiger charge is 2.23. The van der Waals surface area contributed by atoms with E-state index in [4.69, 9.17) is 34.2 Å². The molecule has 0 aliphatic heterocycles. The molecule has 0 fully saturated rings. The Kier molecular flexibility index (Phi) is 2.24. The fourth-order valence-corrected chi connectivity index (χ4v) is 1.17. The number of alkyl halides is 1. The molecule has 0 heterocycles. The summed E-state index contributed by atoms with van der Waals surface area (Å²) in [5.41, 5.74) is 5.88. The fourth-order valence-electron chi connectivity index (χ4n) is 0.809. The number of halogens is 2. The van der Waals surface area contributed by atoms with E-state index < -0.39 is 5.00 Å². The summed E-state index contributed by atoms with van der Waals surface area (Å²) in [6.45, 7) is 0. The summed E-state index contributed by atoms with van der Waals surface area (Å²) < 4.78 is 0. The van der Waals surface area contributed by atoms with E-state index in [1.54, 1.807) is 6.08 Å². The van der Waals surface area contributed by atoms with Gasteiger partial charge in [-0.15, -0.1) is 0 Å². The van der Waals surface area contributed by atoms with E-state index in [2.05, 4.69) is 0 Å². The Morgan fingerprint density at radius 3 is 2.82 bits per heavy atom. The number of hydrogen-bond donors (Lipinski definition) is 1. The molecule has 1 atom stereocenters. The van der Waals surface area contributed by atoms with Crippen LogP contribution in [-0.4, -0.2) is 5.00 Å². The first-order chi connectivity index (χ1) is 5.05. The van der Waals surface area contributed by atoms with Crippen molar-refractivity contribution < 1.29 is 0 Å². The molecule has 2 N–H and O–H groups in total. The first-order valence-corrected chi connectivity index (χ1v) is 3.77. The molecule has 1 rings (SSSR count). The number of nitrogens with zero attached hydrogens (tertiary/aromatic N) is 1. The predicted molar refractivity (Wildman–Crippen MR) is 45.0 cm³/mol. The first kappa shape index (κ1) is 8.61. The van der Waals surface area contributed by atoms with Crippen LogP contribution in [0.5, 0.6) is 0 Å². The zero-order valence-electron chi connectivity index (χ0n) is 5.64. The van der Waals surface area contributed by atoms with Crippen LogP contribution in [0.4, 0.5) is 0 Å². The molecule has 0 aromatic heterocycles. The Morgan fingerprint density at radius 1 is 1.73 bits per heavy atom. The molecule has 11 heavy (non-hydrogen) atoms. The number of hydrogen-bond acceptors (Lipinski definition) is 2. The summed E-state index contributed by atoms with van der Waals surface area (Å²) in [6.07, 6.45) is 3.57. The minimum atomic E-state index is -0.941. The number of nitriles is 1. The summed E-state index contributed by atoms with van der Waals surface area (Å²) in [6, 6.07) is 1.91. The SMILES string of the molecule is N#CC1=CC(N)(Cl)CC=C1Cl. The third kappa shape index (κ3) is 1.97. The molecule has 4 heteroatoms. The Balaban J connectivity index is 2.99. The lowest BCUT2D eigenvalue weighted by Gasteiger charge is -2.19. The highest BCUT2D eigenvalue weighted by atomic mass is 35.5. The second-order valence-electron chi connectivity index (χ2n) is 2.35. The van der Waals surface area contributed by atoms with Crippen molar-refractivity contribution in [3.63, 3.8) is 0 Å². The van der Waals surface area contributed by atoms with Gasteiger partial charge in [0.25, 0.3) is 0 Å². The Morgan fingerprint density at radius 2 is 2.36 bits per heavy atom. The molecule has 0 saturated carbocycles. The Bertz CT molecular complexity index is 271. The largest absolute Gasteiger partial charge is 0.309 e. The van der Waals surface area contributed by atoms with E-state index in [1.165, 1.54) is 6.08 Å². The van der Waals surface area contributed by atoms with Crippen molar-refractivity contribution in [1.29, 1.82) is 5.26 Å². The number of nitrogens with two attached hydrogens (primary N) is 1. The van der Waals surface area contributed by atoms with Crippen LogP contribution in [0.3, 0.4) is 0 Å². The highest BCUT2D eigenvalue weighted by molar-refractivity contribution is 6.33. The van der Waals surface area contributed by atoms with Gasteiger partial charge in [-0.2, -0.15) is 5.26 Å². The van der Waals surface area contributed by atoms with Crippen molar-refractivity contribution in [2.75, 3.05) is 0 Å². The molecule has 58 valence electrons. The van der Waals surface area contributed by atoms with Gasteiger partial charge < -0.3 is 5.73 Å². The van der Waals surface area contributed by atoms with Crippen molar-refractivity contribution in [2.45, 2.75) is 11.4 Å². The van der Waals surface area contributed by atoms with E-state index in [-0.39, 0.29) is 0 Å². The molecule has 0 aromatic carbocycles.